The van der Waals surface area contributed by atoms with Crippen molar-refractivity contribution in [2.45, 2.75) is 30.0 Å². The number of nitrogens with one attached hydrogen (secondary N) is 1. The molecule has 0 radical (unpaired) electrons. The van der Waals surface area contributed by atoms with Crippen molar-refractivity contribution < 1.29 is 28.2 Å². The molecule has 0 spiro atoms. The summed E-state index contributed by atoms with van der Waals surface area (Å²) in [6, 6.07) is -0.0648. The maximum atomic E-state index is 12.0. The smallest absolute Gasteiger partial charge is 0.321 e. The molecule has 0 aliphatic heterocycles. The molecule has 0 aromatic carbocycles. The van der Waals surface area contributed by atoms with Gasteiger partial charge in [-0.05, 0) is 40.9 Å². The van der Waals surface area contributed by atoms with Gasteiger partial charge in [0.25, 0.3) is 10.0 Å². The van der Waals surface area contributed by atoms with E-state index in [1.165, 1.54) is 6.07 Å². The third kappa shape index (κ3) is 4.54. The van der Waals surface area contributed by atoms with Gasteiger partial charge < -0.3 is 10.2 Å². The molecular formula is C10H12BrNO6S2. The Hall–Kier alpha value is -0.970. The summed E-state index contributed by atoms with van der Waals surface area (Å²) in [4.78, 5) is 21.4. The van der Waals surface area contributed by atoms with Crippen molar-refractivity contribution in [3.05, 3.63) is 15.4 Å². The molecule has 0 unspecified atom stereocenters. The highest BCUT2D eigenvalue weighted by molar-refractivity contribution is 9.11. The molecule has 0 fully saturated rings. The fourth-order valence-electron chi connectivity index (χ4n) is 1.31. The van der Waals surface area contributed by atoms with E-state index >= 15 is 0 Å². The maximum Gasteiger partial charge on any atom is 0.321 e. The van der Waals surface area contributed by atoms with Crippen LogP contribution in [0.25, 0.3) is 0 Å². The maximum absolute atomic E-state index is 12.0. The zero-order valence-corrected chi connectivity index (χ0v) is 13.5. The second-order valence-corrected chi connectivity index (χ2v) is 8.28. The third-order valence-corrected chi connectivity index (χ3v) is 6.42. The van der Waals surface area contributed by atoms with Crippen LogP contribution in [0.4, 0.5) is 0 Å². The molecule has 0 amide bonds. The average molecular weight is 386 g/mol. The van der Waals surface area contributed by atoms with Gasteiger partial charge in [-0.1, -0.05) is 0 Å². The lowest BCUT2D eigenvalue weighted by atomic mass is 10.2. The van der Waals surface area contributed by atoms with Crippen LogP contribution in [0.5, 0.6) is 0 Å². The molecule has 3 N–H and O–H groups in total. The van der Waals surface area contributed by atoms with Gasteiger partial charge in [0.05, 0.1) is 3.79 Å². The molecule has 1 atom stereocenters. The molecule has 10 heteroatoms. The molecule has 0 bridgehead atoms. The van der Waals surface area contributed by atoms with Gasteiger partial charge in [-0.15, -0.1) is 11.3 Å². The summed E-state index contributed by atoms with van der Waals surface area (Å²) >= 11 is 4.14. The van der Waals surface area contributed by atoms with Crippen molar-refractivity contribution in [2.24, 2.45) is 0 Å². The lowest BCUT2D eigenvalue weighted by Gasteiger charge is -2.12. The minimum Gasteiger partial charge on any atom is -0.481 e. The standard InChI is InChI=1S/C10H12BrNO6S2/c1-5-4-8(19-9(5)11)20(17,18)12-6(10(15)16)2-3-7(13)14/h4,6,12H,2-3H2,1H3,(H,13,14)(H,15,16)/t6-/m0/s1. The van der Waals surface area contributed by atoms with Crippen molar-refractivity contribution in [3.63, 3.8) is 0 Å². The molecule has 1 heterocycles. The number of rotatable bonds is 7. The number of carboxylic acids is 2. The van der Waals surface area contributed by atoms with Gasteiger partial charge in [-0.3, -0.25) is 9.59 Å². The lowest BCUT2D eigenvalue weighted by molar-refractivity contribution is -0.140. The zero-order chi connectivity index (χ0) is 15.5. The Bertz CT molecular complexity index is 604. The van der Waals surface area contributed by atoms with Crippen molar-refractivity contribution in [1.82, 2.24) is 4.72 Å². The Morgan fingerprint density at radius 1 is 1.45 bits per heavy atom. The number of hydrogen-bond acceptors (Lipinski definition) is 5. The van der Waals surface area contributed by atoms with E-state index in [0.717, 1.165) is 11.3 Å². The van der Waals surface area contributed by atoms with Crippen molar-refractivity contribution in [2.75, 3.05) is 0 Å². The van der Waals surface area contributed by atoms with Crippen LogP contribution in [0.3, 0.4) is 0 Å². The number of aliphatic carboxylic acids is 2. The van der Waals surface area contributed by atoms with Crippen molar-refractivity contribution in [3.8, 4) is 0 Å². The normalized spacial score (nSPS) is 13.1. The van der Waals surface area contributed by atoms with E-state index < -0.39 is 34.4 Å². The summed E-state index contributed by atoms with van der Waals surface area (Å²) in [5.41, 5.74) is 0.716. The SMILES string of the molecule is Cc1cc(S(=O)(=O)N[C@@H](CCC(=O)O)C(=O)O)sc1Br. The molecule has 112 valence electrons. The first-order valence-electron chi connectivity index (χ1n) is 5.36. The summed E-state index contributed by atoms with van der Waals surface area (Å²) in [5, 5.41) is 17.5. The molecule has 0 aliphatic rings. The first-order chi connectivity index (χ1) is 9.13. The number of carboxylic acid groups (broad SMARTS) is 2. The summed E-state index contributed by atoms with van der Waals surface area (Å²) in [5.74, 6) is -2.60. The van der Waals surface area contributed by atoms with Crippen LogP contribution < -0.4 is 4.72 Å². The van der Waals surface area contributed by atoms with Crippen molar-refractivity contribution >= 4 is 49.2 Å². The molecule has 20 heavy (non-hydrogen) atoms. The minimum atomic E-state index is -3.99. The van der Waals surface area contributed by atoms with E-state index in [1.807, 2.05) is 4.72 Å². The highest BCUT2D eigenvalue weighted by Gasteiger charge is 2.27. The number of thiophene rings is 1. The van der Waals surface area contributed by atoms with Crippen LogP contribution in [-0.4, -0.2) is 36.6 Å². The number of sulfonamides is 1. The summed E-state index contributed by atoms with van der Waals surface area (Å²) < 4.78 is 26.7. The van der Waals surface area contributed by atoms with Crippen LogP contribution in [0.2, 0.25) is 0 Å². The Kier molecular flexibility index (Phi) is 5.68. The first-order valence-corrected chi connectivity index (χ1v) is 8.45. The molecule has 0 aliphatic carbocycles. The summed E-state index contributed by atoms with van der Waals surface area (Å²) in [7, 11) is -3.99. The molecule has 1 aromatic rings. The van der Waals surface area contributed by atoms with E-state index in [0.29, 0.717) is 9.35 Å². The fourth-order valence-corrected chi connectivity index (χ4v) is 4.78. The number of hydrogen-bond donors (Lipinski definition) is 3. The Balaban J connectivity index is 2.91. The molecule has 7 nitrogen and oxygen atoms in total. The Morgan fingerprint density at radius 3 is 2.45 bits per heavy atom. The predicted octanol–water partition coefficient (Wildman–Crippen LogP) is 1.42. The largest absolute Gasteiger partial charge is 0.481 e. The average Bonchev–Trinajstić information content (AvgIpc) is 2.65. The predicted molar refractivity (Wildman–Crippen MR) is 75.4 cm³/mol. The van der Waals surface area contributed by atoms with Gasteiger partial charge in [0.1, 0.15) is 10.3 Å². The first kappa shape index (κ1) is 17.1. The number of aryl methyl sites for hydroxylation is 1. The van der Waals surface area contributed by atoms with Crippen LogP contribution >= 0.6 is 27.3 Å². The monoisotopic (exact) mass is 385 g/mol. The highest BCUT2D eigenvalue weighted by atomic mass is 79.9. The number of halogens is 1. The summed E-state index contributed by atoms with van der Waals surface area (Å²) in [6.07, 6.45) is -0.762. The third-order valence-electron chi connectivity index (χ3n) is 2.34. The van der Waals surface area contributed by atoms with Crippen LogP contribution in [0, 0.1) is 6.92 Å². The van der Waals surface area contributed by atoms with Gasteiger partial charge >= 0.3 is 11.9 Å². The van der Waals surface area contributed by atoms with Crippen LogP contribution in [0.15, 0.2) is 14.1 Å². The van der Waals surface area contributed by atoms with Gasteiger partial charge in [-0.25, -0.2) is 8.42 Å². The van der Waals surface area contributed by atoms with Crippen LogP contribution in [-0.2, 0) is 19.6 Å². The van der Waals surface area contributed by atoms with E-state index in [-0.39, 0.29) is 10.6 Å². The zero-order valence-electron chi connectivity index (χ0n) is 10.3. The molecule has 0 saturated heterocycles. The minimum absolute atomic E-state index is 0.0246. The molecule has 1 aromatic heterocycles. The van der Waals surface area contributed by atoms with E-state index in [9.17, 15) is 18.0 Å². The molecular weight excluding hydrogens is 374 g/mol. The highest BCUT2D eigenvalue weighted by Crippen LogP contribution is 2.30. The van der Waals surface area contributed by atoms with Gasteiger partial charge in [0.2, 0.25) is 0 Å². The van der Waals surface area contributed by atoms with Gasteiger partial charge in [0, 0.05) is 6.42 Å². The van der Waals surface area contributed by atoms with E-state index in [1.54, 1.807) is 6.92 Å². The molecule has 0 saturated carbocycles. The van der Waals surface area contributed by atoms with Crippen molar-refractivity contribution in [1.29, 1.82) is 0 Å². The van der Waals surface area contributed by atoms with Gasteiger partial charge in [0.15, 0.2) is 0 Å². The lowest BCUT2D eigenvalue weighted by Crippen LogP contribution is -2.40. The number of carbonyl (C=O) groups is 2. The van der Waals surface area contributed by atoms with E-state index in [2.05, 4.69) is 15.9 Å². The summed E-state index contributed by atoms with van der Waals surface area (Å²) in [6.45, 7) is 1.71. The van der Waals surface area contributed by atoms with Crippen LogP contribution in [0.1, 0.15) is 18.4 Å². The Morgan fingerprint density at radius 2 is 2.05 bits per heavy atom. The second-order valence-electron chi connectivity index (χ2n) is 3.97. The second kappa shape index (κ2) is 6.66. The molecule has 1 rings (SSSR count). The topological polar surface area (TPSA) is 121 Å². The quantitative estimate of drug-likeness (QED) is 0.652. The van der Waals surface area contributed by atoms with E-state index in [4.69, 9.17) is 10.2 Å². The van der Waals surface area contributed by atoms with Gasteiger partial charge in [-0.2, -0.15) is 4.72 Å². The fraction of sp³-hybridized carbons (Fsp3) is 0.400. The Labute approximate surface area is 127 Å².